The predicted octanol–water partition coefficient (Wildman–Crippen LogP) is 1.61. The van der Waals surface area contributed by atoms with E-state index in [4.69, 9.17) is 9.84 Å². The van der Waals surface area contributed by atoms with Crippen LogP contribution in [-0.4, -0.2) is 27.1 Å². The molecule has 0 spiro atoms. The zero-order chi connectivity index (χ0) is 10.5. The number of halogens is 1. The first-order valence-corrected chi connectivity index (χ1v) is 5.45. The highest BCUT2D eigenvalue weighted by atomic mass is 127. The molecule has 0 aliphatic carbocycles. The van der Waals surface area contributed by atoms with Gasteiger partial charge in [0, 0.05) is 0 Å². The van der Waals surface area contributed by atoms with Crippen LogP contribution in [0.25, 0.3) is 0 Å². The summed E-state index contributed by atoms with van der Waals surface area (Å²) < 4.78 is 5.26. The highest BCUT2D eigenvalue weighted by molar-refractivity contribution is 14.1. The largest absolute Gasteiger partial charge is 0.481 e. The molecule has 0 aromatic heterocycles. The molecule has 1 N–H and O–H groups in total. The fourth-order valence-electron chi connectivity index (χ4n) is 0.855. The summed E-state index contributed by atoms with van der Waals surface area (Å²) in [6, 6.07) is 0. The normalized spacial score (nSPS) is 14.7. The Morgan fingerprint density at radius 2 is 2.08 bits per heavy atom. The van der Waals surface area contributed by atoms with Gasteiger partial charge in [-0.05, 0) is 13.3 Å². The van der Waals surface area contributed by atoms with Crippen molar-refractivity contribution >= 4 is 34.5 Å². The van der Waals surface area contributed by atoms with Crippen molar-refractivity contribution in [1.82, 2.24) is 0 Å². The second-order valence-electron chi connectivity index (χ2n) is 2.98. The number of ether oxygens (including phenoxy) is 1. The number of carbonyl (C=O) groups is 2. The van der Waals surface area contributed by atoms with Crippen LogP contribution >= 0.6 is 22.6 Å². The van der Waals surface area contributed by atoms with Gasteiger partial charge in [0.25, 0.3) is 0 Å². The van der Waals surface area contributed by atoms with Gasteiger partial charge in [0.05, 0.1) is 10.8 Å². The fraction of sp³-hybridized carbons (Fsp3) is 0.750. The van der Waals surface area contributed by atoms with Crippen LogP contribution in [0.3, 0.4) is 0 Å². The second-order valence-corrected chi connectivity index (χ2v) is 3.74. The molecule has 0 aromatic rings. The van der Waals surface area contributed by atoms with Crippen LogP contribution in [-0.2, 0) is 14.3 Å². The van der Waals surface area contributed by atoms with E-state index in [0.717, 1.165) is 0 Å². The molecule has 13 heavy (non-hydrogen) atoms. The van der Waals surface area contributed by atoms with E-state index < -0.39 is 11.6 Å². The third kappa shape index (κ3) is 5.07. The average Bonchev–Trinajstić information content (AvgIpc) is 2.02. The molecule has 0 fully saturated rings. The number of carboxylic acids is 1. The first-order valence-electron chi connectivity index (χ1n) is 3.93. The molecule has 0 bridgehead atoms. The zero-order valence-corrected chi connectivity index (χ0v) is 9.83. The van der Waals surface area contributed by atoms with Crippen LogP contribution in [0.5, 0.6) is 0 Å². The molecular weight excluding hydrogens is 287 g/mol. The van der Waals surface area contributed by atoms with Crippen LogP contribution in [0.1, 0.15) is 26.7 Å². The molecule has 1 unspecified atom stereocenters. The Kier molecular flexibility index (Phi) is 5.27. The lowest BCUT2D eigenvalue weighted by molar-refractivity contribution is -0.160. The molecule has 0 heterocycles. The van der Waals surface area contributed by atoms with Gasteiger partial charge < -0.3 is 9.84 Å². The standard InChI is InChI=1S/C8H13IO4/c1-3-8(2,4-6(10)11)13-7(12)5-9/h3-5H2,1-2H3,(H,10,11). The highest BCUT2D eigenvalue weighted by Crippen LogP contribution is 2.20. The number of alkyl halides is 1. The summed E-state index contributed by atoms with van der Waals surface area (Å²) >= 11 is 1.88. The third-order valence-electron chi connectivity index (χ3n) is 1.74. The zero-order valence-electron chi connectivity index (χ0n) is 7.67. The van der Waals surface area contributed by atoms with Crippen LogP contribution < -0.4 is 0 Å². The van der Waals surface area contributed by atoms with Crippen LogP contribution in [0, 0.1) is 0 Å². The van der Waals surface area contributed by atoms with E-state index in [9.17, 15) is 9.59 Å². The molecular formula is C8H13IO4. The lowest BCUT2D eigenvalue weighted by Gasteiger charge is -2.26. The number of aliphatic carboxylic acids is 1. The SMILES string of the molecule is CCC(C)(CC(=O)O)OC(=O)CI. The summed E-state index contributed by atoms with van der Waals surface area (Å²) in [4.78, 5) is 21.4. The summed E-state index contributed by atoms with van der Waals surface area (Å²) in [6.07, 6.45) is 0.355. The molecule has 0 saturated heterocycles. The van der Waals surface area contributed by atoms with E-state index in [2.05, 4.69) is 0 Å². The Bertz CT molecular complexity index is 204. The lowest BCUT2D eigenvalue weighted by Crippen LogP contribution is -2.34. The number of esters is 1. The molecule has 1 atom stereocenters. The Hall–Kier alpha value is -0.330. The minimum atomic E-state index is -0.953. The topological polar surface area (TPSA) is 63.6 Å². The first-order chi connectivity index (χ1) is 5.93. The number of rotatable bonds is 5. The van der Waals surface area contributed by atoms with Crippen LogP contribution in [0.2, 0.25) is 0 Å². The maximum atomic E-state index is 10.9. The van der Waals surface area contributed by atoms with Crippen molar-refractivity contribution in [3.05, 3.63) is 0 Å². The summed E-state index contributed by atoms with van der Waals surface area (Å²) in [5.41, 5.74) is -0.867. The van der Waals surface area contributed by atoms with Crippen molar-refractivity contribution < 1.29 is 19.4 Å². The van der Waals surface area contributed by atoms with Crippen LogP contribution in [0.15, 0.2) is 0 Å². The fourth-order valence-corrected chi connectivity index (χ4v) is 1.01. The number of hydrogen-bond acceptors (Lipinski definition) is 3. The van der Waals surface area contributed by atoms with Gasteiger partial charge in [0.1, 0.15) is 5.60 Å². The molecule has 4 nitrogen and oxygen atoms in total. The van der Waals surface area contributed by atoms with Crippen molar-refractivity contribution in [2.45, 2.75) is 32.3 Å². The third-order valence-corrected chi connectivity index (χ3v) is 2.37. The van der Waals surface area contributed by atoms with E-state index in [0.29, 0.717) is 6.42 Å². The second kappa shape index (κ2) is 5.41. The van der Waals surface area contributed by atoms with Gasteiger partial charge in [0.2, 0.25) is 0 Å². The van der Waals surface area contributed by atoms with Gasteiger partial charge in [-0.3, -0.25) is 9.59 Å². The smallest absolute Gasteiger partial charge is 0.316 e. The van der Waals surface area contributed by atoms with Crippen molar-refractivity contribution in [3.8, 4) is 0 Å². The molecule has 0 rings (SSSR count). The predicted molar refractivity (Wildman–Crippen MR) is 55.9 cm³/mol. The van der Waals surface area contributed by atoms with Crippen molar-refractivity contribution in [2.24, 2.45) is 0 Å². The summed E-state index contributed by atoms with van der Waals surface area (Å²) in [7, 11) is 0. The molecule has 5 heteroatoms. The average molecular weight is 300 g/mol. The first kappa shape index (κ1) is 12.7. The van der Waals surface area contributed by atoms with Gasteiger partial charge in [-0.15, -0.1) is 0 Å². The number of carbonyl (C=O) groups excluding carboxylic acids is 1. The van der Waals surface area contributed by atoms with Gasteiger partial charge >= 0.3 is 11.9 Å². The van der Waals surface area contributed by atoms with Crippen molar-refractivity contribution in [2.75, 3.05) is 4.43 Å². The van der Waals surface area contributed by atoms with E-state index in [1.165, 1.54) is 0 Å². The molecule has 0 aliphatic rings. The molecule has 0 aliphatic heterocycles. The summed E-state index contributed by atoms with van der Waals surface area (Å²) in [5, 5.41) is 8.57. The van der Waals surface area contributed by atoms with E-state index in [1.54, 1.807) is 13.8 Å². The number of hydrogen-bond donors (Lipinski definition) is 1. The minimum Gasteiger partial charge on any atom is -0.481 e. The van der Waals surface area contributed by atoms with Gasteiger partial charge in [-0.2, -0.15) is 0 Å². The Morgan fingerprint density at radius 1 is 1.54 bits per heavy atom. The van der Waals surface area contributed by atoms with Gasteiger partial charge in [-0.25, -0.2) is 0 Å². The molecule has 0 radical (unpaired) electrons. The van der Waals surface area contributed by atoms with E-state index in [-0.39, 0.29) is 16.8 Å². The monoisotopic (exact) mass is 300 g/mol. The maximum absolute atomic E-state index is 10.9. The minimum absolute atomic E-state index is 0.147. The Balaban J connectivity index is 4.27. The van der Waals surface area contributed by atoms with Gasteiger partial charge in [-0.1, -0.05) is 29.5 Å². The molecule has 76 valence electrons. The van der Waals surface area contributed by atoms with Crippen molar-refractivity contribution in [1.29, 1.82) is 0 Å². The molecule has 0 aromatic carbocycles. The van der Waals surface area contributed by atoms with E-state index in [1.807, 2.05) is 22.6 Å². The highest BCUT2D eigenvalue weighted by Gasteiger charge is 2.29. The van der Waals surface area contributed by atoms with Crippen molar-refractivity contribution in [3.63, 3.8) is 0 Å². The Morgan fingerprint density at radius 3 is 2.38 bits per heavy atom. The quantitative estimate of drug-likeness (QED) is 0.476. The van der Waals surface area contributed by atoms with E-state index >= 15 is 0 Å². The van der Waals surface area contributed by atoms with Crippen LogP contribution in [0.4, 0.5) is 0 Å². The molecule has 0 amide bonds. The number of carboxylic acid groups (broad SMARTS) is 1. The van der Waals surface area contributed by atoms with Gasteiger partial charge in [0.15, 0.2) is 0 Å². The molecule has 0 saturated carbocycles. The Labute approximate surface area is 90.8 Å². The summed E-state index contributed by atoms with van der Waals surface area (Å²) in [6.45, 7) is 3.43. The summed E-state index contributed by atoms with van der Waals surface area (Å²) in [5.74, 6) is -1.32. The lowest BCUT2D eigenvalue weighted by atomic mass is 9.99. The maximum Gasteiger partial charge on any atom is 0.316 e.